The molecular weight excluding hydrogens is 332 g/mol. The Balaban J connectivity index is 1.44. The van der Waals surface area contributed by atoms with Crippen LogP contribution >= 0.6 is 11.3 Å². The van der Waals surface area contributed by atoms with E-state index in [1.807, 2.05) is 19.3 Å². The number of nitrogens with one attached hydrogen (secondary N) is 1. The van der Waals surface area contributed by atoms with Crippen LogP contribution in [0.2, 0.25) is 0 Å². The van der Waals surface area contributed by atoms with Gasteiger partial charge in [0, 0.05) is 23.3 Å². The number of likely N-dealkylation sites (N-methyl/N-ethyl adjacent to an activating group) is 1. The predicted molar refractivity (Wildman–Crippen MR) is 99.8 cm³/mol. The van der Waals surface area contributed by atoms with Crippen LogP contribution in [0.5, 0.6) is 0 Å². The number of carbonyl (C=O) groups is 1. The first-order valence-corrected chi connectivity index (χ1v) is 9.33. The summed E-state index contributed by atoms with van der Waals surface area (Å²) in [5, 5.41) is 3.06. The predicted octanol–water partition coefficient (Wildman–Crippen LogP) is 2.69. The third-order valence-corrected chi connectivity index (χ3v) is 6.14. The molecule has 2 aromatic heterocycles. The van der Waals surface area contributed by atoms with Crippen molar-refractivity contribution in [2.45, 2.75) is 39.4 Å². The van der Waals surface area contributed by atoms with Crippen LogP contribution in [0.4, 0.5) is 0 Å². The number of imidazole rings is 1. The molecule has 0 saturated heterocycles. The van der Waals surface area contributed by atoms with Crippen molar-refractivity contribution in [3.63, 3.8) is 0 Å². The van der Waals surface area contributed by atoms with Crippen LogP contribution in [0.1, 0.15) is 27.4 Å². The number of nitrogens with zero attached hydrogens (tertiary/aromatic N) is 3. The quantitative estimate of drug-likeness (QED) is 0.787. The molecule has 0 fully saturated rings. The first-order chi connectivity index (χ1) is 12.0. The zero-order chi connectivity index (χ0) is 17.6. The summed E-state index contributed by atoms with van der Waals surface area (Å²) < 4.78 is 2.10. The number of thiazole rings is 1. The fourth-order valence-electron chi connectivity index (χ4n) is 3.43. The Morgan fingerprint density at radius 1 is 1.32 bits per heavy atom. The minimum atomic E-state index is -0.123. The van der Waals surface area contributed by atoms with Gasteiger partial charge in [0.15, 0.2) is 4.96 Å². The van der Waals surface area contributed by atoms with E-state index in [4.69, 9.17) is 0 Å². The van der Waals surface area contributed by atoms with Gasteiger partial charge in [-0.25, -0.2) is 4.98 Å². The summed E-state index contributed by atoms with van der Waals surface area (Å²) >= 11 is 1.69. The van der Waals surface area contributed by atoms with Crippen LogP contribution in [0.15, 0.2) is 30.5 Å². The molecule has 0 bridgehead atoms. The number of hydrogen-bond donors (Lipinski definition) is 1. The molecule has 3 aromatic rings. The summed E-state index contributed by atoms with van der Waals surface area (Å²) in [6.45, 7) is 5.48. The summed E-state index contributed by atoms with van der Waals surface area (Å²) in [6.07, 6.45) is 2.78. The molecule has 130 valence electrons. The zero-order valence-corrected chi connectivity index (χ0v) is 15.6. The third kappa shape index (κ3) is 2.96. The van der Waals surface area contributed by atoms with Gasteiger partial charge < -0.3 is 5.32 Å². The molecule has 3 heterocycles. The summed E-state index contributed by atoms with van der Waals surface area (Å²) in [4.78, 5) is 21.7. The van der Waals surface area contributed by atoms with Crippen molar-refractivity contribution >= 4 is 22.2 Å². The highest BCUT2D eigenvalue weighted by molar-refractivity contribution is 7.17. The molecule has 1 aromatic carbocycles. The molecular formula is C19H22N4OS. The van der Waals surface area contributed by atoms with Gasteiger partial charge in [0.2, 0.25) is 5.91 Å². The largest absolute Gasteiger partial charge is 0.349 e. The Kier molecular flexibility index (Phi) is 4.09. The monoisotopic (exact) mass is 354 g/mol. The maximum Gasteiger partial charge on any atom is 0.238 e. The van der Waals surface area contributed by atoms with Crippen molar-refractivity contribution in [2.75, 3.05) is 7.05 Å². The maximum atomic E-state index is 12.7. The second-order valence-corrected chi connectivity index (χ2v) is 7.93. The molecule has 1 atom stereocenters. The summed E-state index contributed by atoms with van der Waals surface area (Å²) in [6, 6.07) is 8.24. The molecule has 4 rings (SSSR count). The lowest BCUT2D eigenvalue weighted by Crippen LogP contribution is -2.48. The number of aryl methyl sites for hydroxylation is 2. The van der Waals surface area contributed by atoms with Crippen molar-refractivity contribution < 1.29 is 4.79 Å². The highest BCUT2D eigenvalue weighted by Gasteiger charge is 2.28. The van der Waals surface area contributed by atoms with Gasteiger partial charge in [0.05, 0.1) is 18.3 Å². The van der Waals surface area contributed by atoms with E-state index >= 15 is 0 Å². The number of carbonyl (C=O) groups excluding carboxylic acids is 1. The first-order valence-electron chi connectivity index (χ1n) is 8.51. The van der Waals surface area contributed by atoms with Crippen molar-refractivity contribution in [2.24, 2.45) is 0 Å². The van der Waals surface area contributed by atoms with Crippen LogP contribution in [0, 0.1) is 13.8 Å². The van der Waals surface area contributed by atoms with E-state index in [1.165, 1.54) is 21.7 Å². The van der Waals surface area contributed by atoms with Gasteiger partial charge in [-0.05, 0) is 38.4 Å². The average molecular weight is 354 g/mol. The first kappa shape index (κ1) is 16.3. The molecule has 0 saturated carbocycles. The number of aromatic nitrogens is 2. The number of amides is 1. The molecule has 0 radical (unpaired) electrons. The summed E-state index contributed by atoms with van der Waals surface area (Å²) in [5.74, 6) is 0.0706. The molecule has 1 N–H and O–H groups in total. The van der Waals surface area contributed by atoms with Gasteiger partial charge in [-0.3, -0.25) is 14.1 Å². The third-order valence-electron chi connectivity index (χ3n) is 5.07. The molecule has 1 aliphatic heterocycles. The smallest absolute Gasteiger partial charge is 0.238 e. The molecule has 25 heavy (non-hydrogen) atoms. The fourth-order valence-corrected chi connectivity index (χ4v) is 4.40. The molecule has 0 aliphatic carbocycles. The molecule has 6 heteroatoms. The van der Waals surface area contributed by atoms with E-state index in [-0.39, 0.29) is 11.9 Å². The Morgan fingerprint density at radius 3 is 2.84 bits per heavy atom. The van der Waals surface area contributed by atoms with Gasteiger partial charge in [-0.15, -0.1) is 11.3 Å². The van der Waals surface area contributed by atoms with Crippen LogP contribution in [-0.2, 0) is 24.3 Å². The zero-order valence-electron chi connectivity index (χ0n) is 14.7. The van der Waals surface area contributed by atoms with Crippen molar-refractivity contribution in [1.82, 2.24) is 19.6 Å². The average Bonchev–Trinajstić information content (AvgIpc) is 3.11. The van der Waals surface area contributed by atoms with E-state index < -0.39 is 0 Å². The van der Waals surface area contributed by atoms with Crippen LogP contribution in [-0.4, -0.2) is 33.3 Å². The van der Waals surface area contributed by atoms with Crippen LogP contribution in [0.3, 0.4) is 0 Å². The van der Waals surface area contributed by atoms with Gasteiger partial charge in [-0.1, -0.05) is 24.3 Å². The van der Waals surface area contributed by atoms with E-state index in [9.17, 15) is 4.79 Å². The van der Waals surface area contributed by atoms with E-state index in [1.54, 1.807) is 11.3 Å². The Labute approximate surface area is 151 Å². The maximum absolute atomic E-state index is 12.7. The topological polar surface area (TPSA) is 49.6 Å². The molecule has 1 aliphatic rings. The summed E-state index contributed by atoms with van der Waals surface area (Å²) in [7, 11) is 2.01. The lowest BCUT2D eigenvalue weighted by molar-refractivity contribution is -0.126. The van der Waals surface area contributed by atoms with Crippen LogP contribution in [0.25, 0.3) is 4.96 Å². The van der Waals surface area contributed by atoms with Gasteiger partial charge in [0.25, 0.3) is 0 Å². The van der Waals surface area contributed by atoms with Crippen molar-refractivity contribution in [1.29, 1.82) is 0 Å². The normalized spacial score (nSPS) is 17.6. The van der Waals surface area contributed by atoms with Crippen LogP contribution < -0.4 is 5.32 Å². The molecule has 0 spiro atoms. The minimum absolute atomic E-state index is 0.0706. The number of benzene rings is 1. The lowest BCUT2D eigenvalue weighted by Gasteiger charge is -2.32. The molecule has 5 nitrogen and oxygen atoms in total. The lowest BCUT2D eigenvalue weighted by atomic mass is 9.94. The van der Waals surface area contributed by atoms with E-state index in [2.05, 4.69) is 51.6 Å². The minimum Gasteiger partial charge on any atom is -0.349 e. The molecule has 0 unspecified atom stereocenters. The number of hydrogen-bond acceptors (Lipinski definition) is 4. The molecule has 1 amide bonds. The van der Waals surface area contributed by atoms with Gasteiger partial charge in [0.1, 0.15) is 0 Å². The fraction of sp³-hybridized carbons (Fsp3) is 0.368. The summed E-state index contributed by atoms with van der Waals surface area (Å²) in [5.41, 5.74) is 4.71. The number of rotatable bonds is 3. The number of fused-ring (bicyclic) bond motifs is 2. The highest BCUT2D eigenvalue weighted by Crippen LogP contribution is 2.23. The van der Waals surface area contributed by atoms with Gasteiger partial charge in [-0.2, -0.15) is 0 Å². The van der Waals surface area contributed by atoms with Gasteiger partial charge >= 0.3 is 0 Å². The SMILES string of the molecule is Cc1sc2nc(CNC(=O)[C@H]3Cc4ccccc4CN3C)cn2c1C. The van der Waals surface area contributed by atoms with Crippen molar-refractivity contribution in [3.05, 3.63) is 57.9 Å². The second-order valence-electron chi connectivity index (χ2n) is 6.75. The van der Waals surface area contributed by atoms with E-state index in [0.717, 1.165) is 23.6 Å². The Bertz CT molecular complexity index is 942. The van der Waals surface area contributed by atoms with E-state index in [0.29, 0.717) is 6.54 Å². The highest BCUT2D eigenvalue weighted by atomic mass is 32.1. The Hall–Kier alpha value is -2.18. The Morgan fingerprint density at radius 2 is 2.08 bits per heavy atom. The van der Waals surface area contributed by atoms with Crippen molar-refractivity contribution in [3.8, 4) is 0 Å². The standard InChI is InChI=1S/C19H22N4OS/c1-12-13(2)25-19-21-16(11-23(12)19)9-20-18(24)17-8-14-6-4-5-7-15(14)10-22(17)3/h4-7,11,17H,8-10H2,1-3H3,(H,20,24)/t17-/m1/s1. The second kappa shape index (κ2) is 6.28.